The van der Waals surface area contributed by atoms with Gasteiger partial charge in [0.2, 0.25) is 11.8 Å². The lowest BCUT2D eigenvalue weighted by Gasteiger charge is -2.48. The summed E-state index contributed by atoms with van der Waals surface area (Å²) in [4.78, 5) is 21.5. The molecule has 1 spiro atoms. The molecule has 3 heterocycles. The van der Waals surface area contributed by atoms with Gasteiger partial charge in [-0.25, -0.2) is 0 Å². The van der Waals surface area contributed by atoms with Gasteiger partial charge in [-0.1, -0.05) is 42.4 Å². The van der Waals surface area contributed by atoms with Crippen LogP contribution in [0.25, 0.3) is 0 Å². The van der Waals surface area contributed by atoms with Gasteiger partial charge in [-0.2, -0.15) is 4.98 Å². The molecular formula is C21H28N4O2. The fourth-order valence-corrected chi connectivity index (χ4v) is 4.52. The van der Waals surface area contributed by atoms with Crippen LogP contribution in [0.4, 0.5) is 0 Å². The highest BCUT2D eigenvalue weighted by Gasteiger charge is 2.41. The average Bonchev–Trinajstić information content (AvgIpc) is 3.14. The van der Waals surface area contributed by atoms with Crippen LogP contribution in [0.1, 0.15) is 49.9 Å². The minimum atomic E-state index is 0.189. The Morgan fingerprint density at radius 1 is 1.15 bits per heavy atom. The minimum absolute atomic E-state index is 0.189. The summed E-state index contributed by atoms with van der Waals surface area (Å²) in [6.07, 6.45) is 4.77. The van der Waals surface area contributed by atoms with E-state index in [1.54, 1.807) is 0 Å². The highest BCUT2D eigenvalue weighted by atomic mass is 16.5. The number of rotatable bonds is 5. The SMILES string of the molecule is CCc1noc(CN2CCC[C@@]3(CCC(=O)N(Cc4ccccc4)C3)C2)n1. The first-order valence-electron chi connectivity index (χ1n) is 10.0. The Kier molecular flexibility index (Phi) is 5.25. The molecule has 1 aromatic carbocycles. The van der Waals surface area contributed by atoms with Crippen molar-refractivity contribution in [2.45, 2.75) is 52.1 Å². The van der Waals surface area contributed by atoms with Gasteiger partial charge in [-0.3, -0.25) is 9.69 Å². The zero-order valence-corrected chi connectivity index (χ0v) is 16.1. The van der Waals surface area contributed by atoms with E-state index in [-0.39, 0.29) is 11.3 Å². The summed E-state index contributed by atoms with van der Waals surface area (Å²) in [5, 5.41) is 4.01. The van der Waals surface area contributed by atoms with Gasteiger partial charge in [0.25, 0.3) is 0 Å². The molecular weight excluding hydrogens is 340 g/mol. The maximum absolute atomic E-state index is 12.5. The van der Waals surface area contributed by atoms with E-state index in [1.807, 2.05) is 25.1 Å². The third-order valence-corrected chi connectivity index (χ3v) is 5.89. The first-order chi connectivity index (χ1) is 13.2. The number of aryl methyl sites for hydroxylation is 1. The highest BCUT2D eigenvalue weighted by Crippen LogP contribution is 2.39. The molecule has 4 rings (SSSR count). The highest BCUT2D eigenvalue weighted by molar-refractivity contribution is 5.77. The first kappa shape index (κ1) is 18.2. The van der Waals surface area contributed by atoms with Crippen molar-refractivity contribution >= 4 is 5.91 Å². The van der Waals surface area contributed by atoms with Gasteiger partial charge < -0.3 is 9.42 Å². The topological polar surface area (TPSA) is 62.5 Å². The number of hydrogen-bond acceptors (Lipinski definition) is 5. The Balaban J connectivity index is 1.42. The van der Waals surface area contributed by atoms with Gasteiger partial charge in [0.15, 0.2) is 5.82 Å². The van der Waals surface area contributed by atoms with Gasteiger partial charge in [0.1, 0.15) is 0 Å². The maximum Gasteiger partial charge on any atom is 0.240 e. The predicted octanol–water partition coefficient (Wildman–Crippen LogP) is 3.04. The Morgan fingerprint density at radius 3 is 2.78 bits per heavy atom. The molecule has 0 unspecified atom stereocenters. The number of piperidine rings is 2. The Labute approximate surface area is 160 Å². The van der Waals surface area contributed by atoms with Crippen LogP contribution in [0.5, 0.6) is 0 Å². The van der Waals surface area contributed by atoms with Gasteiger partial charge in [-0.15, -0.1) is 0 Å². The van der Waals surface area contributed by atoms with Crippen LogP contribution in [0.2, 0.25) is 0 Å². The lowest BCUT2D eigenvalue weighted by molar-refractivity contribution is -0.140. The third kappa shape index (κ3) is 4.21. The third-order valence-electron chi connectivity index (χ3n) is 5.89. The number of nitrogens with zero attached hydrogens (tertiary/aromatic N) is 4. The molecule has 1 atom stereocenters. The number of carbonyl (C=O) groups is 1. The van der Waals surface area contributed by atoms with Crippen molar-refractivity contribution in [2.24, 2.45) is 5.41 Å². The van der Waals surface area contributed by atoms with Crippen LogP contribution < -0.4 is 0 Å². The molecule has 0 bridgehead atoms. The van der Waals surface area contributed by atoms with Crippen molar-refractivity contribution in [3.8, 4) is 0 Å². The Morgan fingerprint density at radius 2 is 2.00 bits per heavy atom. The Bertz CT molecular complexity index is 775. The zero-order chi connectivity index (χ0) is 18.7. The fourth-order valence-electron chi connectivity index (χ4n) is 4.52. The molecule has 2 aromatic rings. The second-order valence-corrected chi connectivity index (χ2v) is 8.01. The van der Waals surface area contributed by atoms with Crippen LogP contribution in [0, 0.1) is 5.41 Å². The second-order valence-electron chi connectivity index (χ2n) is 8.01. The van der Waals surface area contributed by atoms with E-state index in [2.05, 4.69) is 32.1 Å². The predicted molar refractivity (Wildman–Crippen MR) is 102 cm³/mol. The molecule has 2 aliphatic rings. The normalized spacial score (nSPS) is 23.9. The van der Waals surface area contributed by atoms with Crippen LogP contribution >= 0.6 is 0 Å². The lowest BCUT2D eigenvalue weighted by atomic mass is 9.73. The molecule has 0 radical (unpaired) electrons. The molecule has 0 aliphatic carbocycles. The molecule has 0 saturated carbocycles. The first-order valence-corrected chi connectivity index (χ1v) is 10.0. The van der Waals surface area contributed by atoms with Crippen molar-refractivity contribution in [3.63, 3.8) is 0 Å². The van der Waals surface area contributed by atoms with Crippen LogP contribution in [-0.2, 0) is 24.3 Å². The van der Waals surface area contributed by atoms with E-state index in [0.717, 1.165) is 44.7 Å². The quantitative estimate of drug-likeness (QED) is 0.812. The average molecular weight is 368 g/mol. The van der Waals surface area contributed by atoms with Crippen molar-refractivity contribution < 1.29 is 9.32 Å². The van der Waals surface area contributed by atoms with Crippen molar-refractivity contribution in [1.29, 1.82) is 0 Å². The molecule has 6 nitrogen and oxygen atoms in total. The van der Waals surface area contributed by atoms with E-state index in [1.165, 1.54) is 12.0 Å². The largest absolute Gasteiger partial charge is 0.338 e. The van der Waals surface area contributed by atoms with E-state index in [0.29, 0.717) is 25.4 Å². The number of carbonyl (C=O) groups excluding carboxylic acids is 1. The van der Waals surface area contributed by atoms with Crippen molar-refractivity contribution in [3.05, 3.63) is 47.6 Å². The summed E-state index contributed by atoms with van der Waals surface area (Å²) in [7, 11) is 0. The molecule has 6 heteroatoms. The standard InChI is InChI=1S/C21H28N4O2/c1-2-18-22-19(27-23-18)14-24-12-6-10-21(15-24)11-9-20(26)25(16-21)13-17-7-4-3-5-8-17/h3-5,7-8H,2,6,9-16H2,1H3/t21-/m1/s1. The number of benzene rings is 1. The Hall–Kier alpha value is -2.21. The molecule has 1 amide bonds. The van der Waals surface area contributed by atoms with Gasteiger partial charge in [-0.05, 0) is 31.4 Å². The molecule has 0 N–H and O–H groups in total. The summed E-state index contributed by atoms with van der Waals surface area (Å²) < 4.78 is 5.38. The number of aromatic nitrogens is 2. The lowest BCUT2D eigenvalue weighted by Crippen LogP contribution is -2.53. The number of likely N-dealkylation sites (tertiary alicyclic amines) is 2. The molecule has 27 heavy (non-hydrogen) atoms. The second kappa shape index (κ2) is 7.80. The van der Waals surface area contributed by atoms with E-state index in [4.69, 9.17) is 4.52 Å². The van der Waals surface area contributed by atoms with E-state index < -0.39 is 0 Å². The smallest absolute Gasteiger partial charge is 0.240 e. The summed E-state index contributed by atoms with van der Waals surface area (Å²) in [6, 6.07) is 10.3. The fraction of sp³-hybridized carbons (Fsp3) is 0.571. The van der Waals surface area contributed by atoms with E-state index in [9.17, 15) is 4.79 Å². The summed E-state index contributed by atoms with van der Waals surface area (Å²) in [5.41, 5.74) is 1.39. The number of amides is 1. The van der Waals surface area contributed by atoms with Gasteiger partial charge in [0, 0.05) is 37.9 Å². The van der Waals surface area contributed by atoms with Crippen LogP contribution in [-0.4, -0.2) is 45.5 Å². The van der Waals surface area contributed by atoms with Gasteiger partial charge in [0.05, 0.1) is 6.54 Å². The van der Waals surface area contributed by atoms with Crippen LogP contribution in [0.15, 0.2) is 34.9 Å². The molecule has 2 fully saturated rings. The molecule has 2 aliphatic heterocycles. The summed E-state index contributed by atoms with van der Waals surface area (Å²) in [6.45, 7) is 6.35. The van der Waals surface area contributed by atoms with Crippen LogP contribution in [0.3, 0.4) is 0 Å². The summed E-state index contributed by atoms with van der Waals surface area (Å²) >= 11 is 0. The monoisotopic (exact) mass is 368 g/mol. The minimum Gasteiger partial charge on any atom is -0.338 e. The molecule has 2 saturated heterocycles. The van der Waals surface area contributed by atoms with E-state index >= 15 is 0 Å². The molecule has 1 aromatic heterocycles. The number of hydrogen-bond donors (Lipinski definition) is 0. The zero-order valence-electron chi connectivity index (χ0n) is 16.1. The molecule has 144 valence electrons. The van der Waals surface area contributed by atoms with Crippen molar-refractivity contribution in [1.82, 2.24) is 19.9 Å². The van der Waals surface area contributed by atoms with Gasteiger partial charge >= 0.3 is 0 Å². The summed E-state index contributed by atoms with van der Waals surface area (Å²) in [5.74, 6) is 1.76. The maximum atomic E-state index is 12.5. The van der Waals surface area contributed by atoms with Crippen molar-refractivity contribution in [2.75, 3.05) is 19.6 Å².